The van der Waals surface area contributed by atoms with E-state index >= 15 is 0 Å². The van der Waals surface area contributed by atoms with E-state index in [2.05, 4.69) is 5.32 Å². The Morgan fingerprint density at radius 1 is 1.10 bits per heavy atom. The maximum absolute atomic E-state index is 12.5. The summed E-state index contributed by atoms with van der Waals surface area (Å²) in [6.45, 7) is 7.20. The molecule has 0 unspecified atom stereocenters. The second-order valence-corrected chi connectivity index (χ2v) is 7.17. The summed E-state index contributed by atoms with van der Waals surface area (Å²) in [6, 6.07) is 7.95. The predicted molar refractivity (Wildman–Crippen MR) is 112 cm³/mol. The third-order valence-electron chi connectivity index (χ3n) is 4.47. The third kappa shape index (κ3) is 5.10. The summed E-state index contributed by atoms with van der Waals surface area (Å²) in [5.74, 6) is -1.29. The number of benzene rings is 2. The van der Waals surface area contributed by atoms with Crippen molar-refractivity contribution in [2.45, 2.75) is 33.8 Å². The van der Waals surface area contributed by atoms with Gasteiger partial charge in [-0.3, -0.25) is 14.9 Å². The Morgan fingerprint density at radius 3 is 2.21 bits per heavy atom. The Kier molecular flexibility index (Phi) is 6.58. The lowest BCUT2D eigenvalue weighted by Crippen LogP contribution is -2.30. The summed E-state index contributed by atoms with van der Waals surface area (Å²) in [5.41, 5.74) is 3.73. The number of hydrogen-bond acceptors (Lipinski definition) is 6. The lowest BCUT2D eigenvalue weighted by Gasteiger charge is -2.17. The van der Waals surface area contributed by atoms with E-state index in [4.69, 9.17) is 4.74 Å². The normalized spacial score (nSPS) is 11.5. The molecule has 0 radical (unpaired) electrons. The van der Waals surface area contributed by atoms with Crippen molar-refractivity contribution in [1.82, 2.24) is 0 Å². The zero-order valence-electron chi connectivity index (χ0n) is 17.4. The third-order valence-corrected chi connectivity index (χ3v) is 4.47. The fraction of sp³-hybridized carbons (Fsp3) is 0.333. The summed E-state index contributed by atoms with van der Waals surface area (Å²) in [7, 11) is 3.34. The molecule has 2 aromatic rings. The number of nitrogens with zero attached hydrogens (tertiary/aromatic N) is 2. The first-order valence-corrected chi connectivity index (χ1v) is 9.06. The van der Waals surface area contributed by atoms with Gasteiger partial charge in [-0.25, -0.2) is 4.79 Å². The van der Waals surface area contributed by atoms with Crippen LogP contribution in [0.5, 0.6) is 0 Å². The molecule has 1 amide bonds. The number of nitro groups is 1. The van der Waals surface area contributed by atoms with E-state index in [9.17, 15) is 19.7 Å². The van der Waals surface area contributed by atoms with E-state index in [1.807, 2.05) is 32.9 Å². The molecule has 8 heteroatoms. The second-order valence-electron chi connectivity index (χ2n) is 7.17. The molecule has 8 nitrogen and oxygen atoms in total. The van der Waals surface area contributed by atoms with Crippen LogP contribution in [0.25, 0.3) is 0 Å². The Hall–Kier alpha value is -3.42. The number of nitro benzene ring substituents is 1. The quantitative estimate of drug-likeness (QED) is 0.451. The van der Waals surface area contributed by atoms with Crippen LogP contribution >= 0.6 is 0 Å². The van der Waals surface area contributed by atoms with Crippen LogP contribution in [0.15, 0.2) is 30.3 Å². The Balaban J connectivity index is 2.15. The Bertz CT molecular complexity index is 946. The lowest BCUT2D eigenvalue weighted by atomic mass is 10.0. The van der Waals surface area contributed by atoms with Gasteiger partial charge in [0, 0.05) is 25.8 Å². The molecule has 2 aromatic carbocycles. The average molecular weight is 399 g/mol. The summed E-state index contributed by atoms with van der Waals surface area (Å²) in [5, 5.41) is 14.1. The SMILES string of the molecule is Cc1cc(C)c(NC(=O)[C@H](C)OC(=O)c2ccc(N(C)C)c([N+](=O)[O-])c2)c(C)c1. The molecule has 0 aliphatic heterocycles. The van der Waals surface area contributed by atoms with Crippen LogP contribution < -0.4 is 10.2 Å². The summed E-state index contributed by atoms with van der Waals surface area (Å²) >= 11 is 0. The molecule has 1 atom stereocenters. The first kappa shape index (κ1) is 21.9. The van der Waals surface area contributed by atoms with Gasteiger partial charge < -0.3 is 15.0 Å². The van der Waals surface area contributed by atoms with E-state index in [1.54, 1.807) is 19.0 Å². The molecule has 29 heavy (non-hydrogen) atoms. The molecule has 0 aliphatic carbocycles. The van der Waals surface area contributed by atoms with Crippen molar-refractivity contribution in [3.05, 3.63) is 62.7 Å². The highest BCUT2D eigenvalue weighted by Gasteiger charge is 2.23. The van der Waals surface area contributed by atoms with Crippen molar-refractivity contribution in [2.75, 3.05) is 24.3 Å². The largest absolute Gasteiger partial charge is 0.449 e. The molecule has 0 aromatic heterocycles. The van der Waals surface area contributed by atoms with Gasteiger partial charge in [0.05, 0.1) is 10.5 Å². The van der Waals surface area contributed by atoms with Crippen LogP contribution in [0.4, 0.5) is 17.1 Å². The molecule has 2 rings (SSSR count). The molecule has 0 aliphatic rings. The summed E-state index contributed by atoms with van der Waals surface area (Å²) < 4.78 is 5.22. The minimum absolute atomic E-state index is 0.00430. The van der Waals surface area contributed by atoms with E-state index in [0.717, 1.165) is 22.8 Å². The second kappa shape index (κ2) is 8.72. The number of carbonyl (C=O) groups is 2. The van der Waals surface area contributed by atoms with Crippen molar-refractivity contribution in [3.8, 4) is 0 Å². The molecular formula is C21H25N3O5. The number of ether oxygens (including phenoxy) is 1. The topological polar surface area (TPSA) is 102 Å². The van der Waals surface area contributed by atoms with Gasteiger partial charge in [-0.05, 0) is 51.0 Å². The number of rotatable bonds is 6. The highest BCUT2D eigenvalue weighted by atomic mass is 16.6. The number of esters is 1. The van der Waals surface area contributed by atoms with Gasteiger partial charge in [-0.2, -0.15) is 0 Å². The number of amides is 1. The molecule has 0 heterocycles. The molecule has 1 N–H and O–H groups in total. The van der Waals surface area contributed by atoms with E-state index in [1.165, 1.54) is 19.1 Å². The minimum Gasteiger partial charge on any atom is -0.449 e. The van der Waals surface area contributed by atoms with Crippen molar-refractivity contribution in [1.29, 1.82) is 0 Å². The van der Waals surface area contributed by atoms with E-state index in [0.29, 0.717) is 11.4 Å². The first-order valence-electron chi connectivity index (χ1n) is 9.06. The highest BCUT2D eigenvalue weighted by Crippen LogP contribution is 2.28. The summed E-state index contributed by atoms with van der Waals surface area (Å²) in [6.07, 6.45) is -1.07. The molecule has 0 saturated carbocycles. The zero-order valence-corrected chi connectivity index (χ0v) is 17.4. The van der Waals surface area contributed by atoms with Crippen LogP contribution in [0.2, 0.25) is 0 Å². The summed E-state index contributed by atoms with van der Waals surface area (Å²) in [4.78, 5) is 37.2. The van der Waals surface area contributed by atoms with Gasteiger partial charge in [0.1, 0.15) is 5.69 Å². The maximum Gasteiger partial charge on any atom is 0.339 e. The van der Waals surface area contributed by atoms with Gasteiger partial charge >= 0.3 is 5.97 Å². The molecule has 0 fully saturated rings. The highest BCUT2D eigenvalue weighted by molar-refractivity contribution is 5.98. The molecule has 0 saturated heterocycles. The predicted octanol–water partition coefficient (Wildman–Crippen LogP) is 3.77. The monoisotopic (exact) mass is 399 g/mol. The standard InChI is InChI=1S/C21H25N3O5/c1-12-9-13(2)19(14(3)10-12)22-20(25)15(4)29-21(26)16-7-8-17(23(5)6)18(11-16)24(27)28/h7-11,15H,1-6H3,(H,22,25)/t15-/m0/s1. The van der Waals surface area contributed by atoms with E-state index in [-0.39, 0.29) is 11.3 Å². The van der Waals surface area contributed by atoms with Gasteiger partial charge in [0.15, 0.2) is 6.10 Å². The number of aryl methyl sites for hydroxylation is 3. The van der Waals surface area contributed by atoms with Gasteiger partial charge in [-0.1, -0.05) is 17.7 Å². The number of nitrogens with one attached hydrogen (secondary N) is 1. The fourth-order valence-corrected chi connectivity index (χ4v) is 3.06. The van der Waals surface area contributed by atoms with Crippen LogP contribution in [-0.4, -0.2) is 37.0 Å². The van der Waals surface area contributed by atoms with Crippen molar-refractivity contribution >= 4 is 28.9 Å². The van der Waals surface area contributed by atoms with Crippen LogP contribution in [0.1, 0.15) is 34.0 Å². The average Bonchev–Trinajstić information content (AvgIpc) is 2.63. The molecular weight excluding hydrogens is 374 g/mol. The van der Waals surface area contributed by atoms with Crippen LogP contribution in [-0.2, 0) is 9.53 Å². The molecule has 0 spiro atoms. The van der Waals surface area contributed by atoms with Crippen molar-refractivity contribution in [2.24, 2.45) is 0 Å². The lowest BCUT2D eigenvalue weighted by molar-refractivity contribution is -0.384. The van der Waals surface area contributed by atoms with Crippen LogP contribution in [0, 0.1) is 30.9 Å². The minimum atomic E-state index is -1.07. The number of anilines is 2. The smallest absolute Gasteiger partial charge is 0.339 e. The number of carbonyl (C=O) groups excluding carboxylic acids is 2. The number of hydrogen-bond donors (Lipinski definition) is 1. The Labute approximate surface area is 169 Å². The fourth-order valence-electron chi connectivity index (χ4n) is 3.06. The first-order chi connectivity index (χ1) is 13.5. The zero-order chi connectivity index (χ0) is 21.9. The maximum atomic E-state index is 12.5. The molecule has 154 valence electrons. The van der Waals surface area contributed by atoms with Crippen molar-refractivity contribution in [3.63, 3.8) is 0 Å². The van der Waals surface area contributed by atoms with Gasteiger partial charge in [0.25, 0.3) is 11.6 Å². The van der Waals surface area contributed by atoms with Crippen molar-refractivity contribution < 1.29 is 19.2 Å². The van der Waals surface area contributed by atoms with E-state index < -0.39 is 22.9 Å². The van der Waals surface area contributed by atoms with Crippen LogP contribution in [0.3, 0.4) is 0 Å². The Morgan fingerprint density at radius 2 is 1.69 bits per heavy atom. The van der Waals surface area contributed by atoms with Gasteiger partial charge in [0.2, 0.25) is 0 Å². The van der Waals surface area contributed by atoms with Gasteiger partial charge in [-0.15, -0.1) is 0 Å². The molecule has 0 bridgehead atoms.